The zero-order valence-electron chi connectivity index (χ0n) is 8.73. The van der Waals surface area contributed by atoms with E-state index < -0.39 is 15.7 Å². The Balaban J connectivity index is 2.42. The van der Waals surface area contributed by atoms with Crippen LogP contribution in [-0.2, 0) is 9.84 Å². The smallest absolute Gasteiger partial charge is 0.154 e. The summed E-state index contributed by atoms with van der Waals surface area (Å²) < 4.78 is 40.4. The number of nitrogens with two attached hydrogens (primary N) is 1. The van der Waals surface area contributed by atoms with Crippen molar-refractivity contribution in [3.05, 3.63) is 30.1 Å². The third-order valence-electron chi connectivity index (χ3n) is 1.89. The van der Waals surface area contributed by atoms with Crippen molar-refractivity contribution in [2.45, 2.75) is 0 Å². The highest BCUT2D eigenvalue weighted by Crippen LogP contribution is 2.11. The van der Waals surface area contributed by atoms with Crippen molar-refractivity contribution >= 4 is 9.84 Å². The van der Waals surface area contributed by atoms with Gasteiger partial charge in [0.05, 0.1) is 11.5 Å². The van der Waals surface area contributed by atoms with Crippen LogP contribution in [0.15, 0.2) is 24.3 Å². The molecule has 0 unspecified atom stereocenters. The van der Waals surface area contributed by atoms with Gasteiger partial charge >= 0.3 is 0 Å². The molecule has 0 saturated heterocycles. The van der Waals surface area contributed by atoms with Crippen LogP contribution in [0.2, 0.25) is 0 Å². The number of halogens is 1. The summed E-state index contributed by atoms with van der Waals surface area (Å²) in [6.45, 7) is 0.105. The first kappa shape index (κ1) is 12.9. The summed E-state index contributed by atoms with van der Waals surface area (Å²) in [4.78, 5) is 0. The van der Waals surface area contributed by atoms with Crippen molar-refractivity contribution in [3.63, 3.8) is 0 Å². The van der Waals surface area contributed by atoms with Gasteiger partial charge in [0.25, 0.3) is 0 Å². The summed E-state index contributed by atoms with van der Waals surface area (Å²) >= 11 is 0. The molecule has 0 saturated carbocycles. The molecule has 90 valence electrons. The maximum absolute atomic E-state index is 12.7. The molecule has 0 aliphatic carbocycles. The molecule has 1 aromatic rings. The lowest BCUT2D eigenvalue weighted by Crippen LogP contribution is -2.22. The van der Waals surface area contributed by atoms with Gasteiger partial charge in [-0.05, 0) is 12.1 Å². The second-order valence-electron chi connectivity index (χ2n) is 3.25. The molecule has 0 aliphatic heterocycles. The standard InChI is InChI=1S/C10H14FNO3S/c11-9-2-1-3-10(8-9)15-5-7-16(13,14)6-4-12/h1-3,8H,4-7,12H2. The molecule has 6 heteroatoms. The first-order valence-electron chi connectivity index (χ1n) is 4.82. The molecule has 0 atom stereocenters. The van der Waals surface area contributed by atoms with E-state index in [2.05, 4.69) is 0 Å². The van der Waals surface area contributed by atoms with Gasteiger partial charge in [0.15, 0.2) is 9.84 Å². The summed E-state index contributed by atoms with van der Waals surface area (Å²) in [7, 11) is -3.16. The first-order chi connectivity index (χ1) is 7.53. The molecule has 0 bridgehead atoms. The van der Waals surface area contributed by atoms with Crippen LogP contribution in [0.25, 0.3) is 0 Å². The third-order valence-corrected chi connectivity index (χ3v) is 3.53. The van der Waals surface area contributed by atoms with Crippen LogP contribution in [-0.4, -0.2) is 33.1 Å². The van der Waals surface area contributed by atoms with E-state index in [1.807, 2.05) is 0 Å². The lowest BCUT2D eigenvalue weighted by molar-refractivity contribution is 0.339. The quantitative estimate of drug-likeness (QED) is 0.798. The molecule has 0 radical (unpaired) electrons. The van der Waals surface area contributed by atoms with Crippen molar-refractivity contribution < 1.29 is 17.5 Å². The Morgan fingerprint density at radius 3 is 2.69 bits per heavy atom. The first-order valence-corrected chi connectivity index (χ1v) is 6.64. The van der Waals surface area contributed by atoms with Crippen molar-refractivity contribution in [1.82, 2.24) is 0 Å². The number of benzene rings is 1. The minimum atomic E-state index is -3.16. The third kappa shape index (κ3) is 4.59. The van der Waals surface area contributed by atoms with Gasteiger partial charge in [-0.3, -0.25) is 0 Å². The highest BCUT2D eigenvalue weighted by molar-refractivity contribution is 7.91. The van der Waals surface area contributed by atoms with Gasteiger partial charge in [-0.1, -0.05) is 6.07 Å². The van der Waals surface area contributed by atoms with Crippen molar-refractivity contribution in [3.8, 4) is 5.75 Å². The summed E-state index contributed by atoms with van der Waals surface area (Å²) in [6, 6.07) is 5.56. The van der Waals surface area contributed by atoms with E-state index in [-0.39, 0.29) is 24.7 Å². The maximum Gasteiger partial charge on any atom is 0.154 e. The highest BCUT2D eigenvalue weighted by Gasteiger charge is 2.09. The van der Waals surface area contributed by atoms with Gasteiger partial charge in [0, 0.05) is 12.6 Å². The van der Waals surface area contributed by atoms with Gasteiger partial charge in [0.1, 0.15) is 18.2 Å². The van der Waals surface area contributed by atoms with Crippen LogP contribution in [0.5, 0.6) is 5.75 Å². The van der Waals surface area contributed by atoms with Crippen molar-refractivity contribution in [2.24, 2.45) is 5.73 Å². The Morgan fingerprint density at radius 1 is 1.31 bits per heavy atom. The topological polar surface area (TPSA) is 69.4 Å². The van der Waals surface area contributed by atoms with E-state index in [0.717, 1.165) is 0 Å². The number of hydrogen-bond acceptors (Lipinski definition) is 4. The molecule has 16 heavy (non-hydrogen) atoms. The van der Waals surface area contributed by atoms with Gasteiger partial charge in [-0.25, -0.2) is 12.8 Å². The second kappa shape index (κ2) is 5.81. The summed E-state index contributed by atoms with van der Waals surface area (Å²) in [5.41, 5.74) is 5.15. The Morgan fingerprint density at radius 2 is 2.06 bits per heavy atom. The predicted octanol–water partition coefficient (Wildman–Crippen LogP) is 0.578. The number of hydrogen-bond donors (Lipinski definition) is 1. The molecule has 0 aliphatic rings. The van der Waals surface area contributed by atoms with Crippen LogP contribution in [0.4, 0.5) is 4.39 Å². The van der Waals surface area contributed by atoms with Crippen LogP contribution in [0.1, 0.15) is 0 Å². The van der Waals surface area contributed by atoms with Crippen molar-refractivity contribution in [2.75, 3.05) is 24.7 Å². The van der Waals surface area contributed by atoms with Crippen LogP contribution < -0.4 is 10.5 Å². The zero-order valence-corrected chi connectivity index (χ0v) is 9.54. The molecule has 0 heterocycles. The predicted molar refractivity (Wildman–Crippen MR) is 59.6 cm³/mol. The minimum absolute atomic E-state index is 0.00574. The molecule has 2 N–H and O–H groups in total. The Labute approximate surface area is 94.1 Å². The Hall–Kier alpha value is -1.14. The zero-order chi connectivity index (χ0) is 12.0. The number of rotatable bonds is 6. The van der Waals surface area contributed by atoms with Gasteiger partial charge in [-0.2, -0.15) is 0 Å². The molecule has 4 nitrogen and oxygen atoms in total. The molecular formula is C10H14FNO3S. The summed E-state index contributed by atoms with van der Waals surface area (Å²) in [6.07, 6.45) is 0. The van der Waals surface area contributed by atoms with Gasteiger partial charge < -0.3 is 10.5 Å². The largest absolute Gasteiger partial charge is 0.492 e. The normalized spacial score (nSPS) is 11.4. The van der Waals surface area contributed by atoms with E-state index in [4.69, 9.17) is 10.5 Å². The Bertz CT molecular complexity index is 433. The van der Waals surface area contributed by atoms with Crippen molar-refractivity contribution in [1.29, 1.82) is 0 Å². The minimum Gasteiger partial charge on any atom is -0.492 e. The maximum atomic E-state index is 12.7. The van der Waals surface area contributed by atoms with Crippen LogP contribution in [0, 0.1) is 5.82 Å². The molecule has 0 fully saturated rings. The molecule has 0 amide bonds. The average Bonchev–Trinajstić information content (AvgIpc) is 2.17. The fourth-order valence-corrected chi connectivity index (χ4v) is 2.03. The fourth-order valence-electron chi connectivity index (χ4n) is 1.12. The Kier molecular flexibility index (Phi) is 4.70. The number of ether oxygens (including phenoxy) is 1. The SMILES string of the molecule is NCCS(=O)(=O)CCOc1cccc(F)c1. The average molecular weight is 247 g/mol. The molecular weight excluding hydrogens is 233 g/mol. The van der Waals surface area contributed by atoms with E-state index in [0.29, 0.717) is 5.75 Å². The summed E-state index contributed by atoms with van der Waals surface area (Å²) in [5.74, 6) is -0.259. The second-order valence-corrected chi connectivity index (χ2v) is 5.55. The fraction of sp³-hybridized carbons (Fsp3) is 0.400. The number of sulfone groups is 1. The van der Waals surface area contributed by atoms with Crippen LogP contribution in [0.3, 0.4) is 0 Å². The summed E-state index contributed by atoms with van der Waals surface area (Å²) in [5, 5.41) is 0. The monoisotopic (exact) mass is 247 g/mol. The molecule has 0 spiro atoms. The van der Waals surface area contributed by atoms with Gasteiger partial charge in [-0.15, -0.1) is 0 Å². The van der Waals surface area contributed by atoms with E-state index in [1.165, 1.54) is 18.2 Å². The molecule has 1 rings (SSSR count). The highest BCUT2D eigenvalue weighted by atomic mass is 32.2. The van der Waals surface area contributed by atoms with Crippen LogP contribution >= 0.6 is 0 Å². The molecule has 1 aromatic carbocycles. The molecule has 0 aromatic heterocycles. The van der Waals surface area contributed by atoms with E-state index in [9.17, 15) is 12.8 Å². The van der Waals surface area contributed by atoms with Gasteiger partial charge in [0.2, 0.25) is 0 Å². The van der Waals surface area contributed by atoms with E-state index >= 15 is 0 Å². The lowest BCUT2D eigenvalue weighted by Gasteiger charge is -2.06. The van der Waals surface area contributed by atoms with E-state index in [1.54, 1.807) is 6.07 Å². The lowest BCUT2D eigenvalue weighted by atomic mass is 10.3.